The van der Waals surface area contributed by atoms with Gasteiger partial charge in [0.05, 0.1) is 22.1 Å². The Hall–Kier alpha value is -1.07. The first-order valence-electron chi connectivity index (χ1n) is 5.59. The van der Waals surface area contributed by atoms with Crippen LogP contribution in [0.4, 0.5) is 0 Å². The molecule has 1 N–H and O–H groups in total. The number of furan rings is 1. The van der Waals surface area contributed by atoms with Gasteiger partial charge in [-0.15, -0.1) is 0 Å². The summed E-state index contributed by atoms with van der Waals surface area (Å²) in [6.07, 6.45) is 2.61. The molecule has 0 bridgehead atoms. The summed E-state index contributed by atoms with van der Waals surface area (Å²) in [4.78, 5) is 0. The Bertz CT molecular complexity index is 476. The molecule has 0 saturated heterocycles. The van der Waals surface area contributed by atoms with E-state index in [4.69, 9.17) is 4.42 Å². The molecule has 0 radical (unpaired) electrons. The van der Waals surface area contributed by atoms with Crippen molar-refractivity contribution in [2.45, 2.75) is 19.9 Å². The number of rotatable bonds is 5. The average molecular weight is 298 g/mol. The maximum atomic E-state index is 5.27. The first-order chi connectivity index (χ1) is 8.18. The van der Waals surface area contributed by atoms with Gasteiger partial charge in [-0.25, -0.2) is 0 Å². The zero-order chi connectivity index (χ0) is 12.3. The summed E-state index contributed by atoms with van der Waals surface area (Å²) in [5.41, 5.74) is 2.19. The molecule has 0 aliphatic carbocycles. The summed E-state index contributed by atoms with van der Waals surface area (Å²) >= 11 is 3.55. The highest BCUT2D eigenvalue weighted by molar-refractivity contribution is 9.10. The second-order valence-corrected chi connectivity index (χ2v) is 4.77. The monoisotopic (exact) mass is 297 g/mol. The second-order valence-electron chi connectivity index (χ2n) is 3.98. The van der Waals surface area contributed by atoms with Crippen LogP contribution in [0.1, 0.15) is 17.1 Å². The second kappa shape index (κ2) is 5.51. The summed E-state index contributed by atoms with van der Waals surface area (Å²) < 4.78 is 8.26. The van der Waals surface area contributed by atoms with E-state index in [2.05, 4.69) is 26.3 Å². The SMILES string of the molecule is Cc1nn(C)c(CNCCc2ccco2)c1Br. The molecule has 2 rings (SSSR count). The van der Waals surface area contributed by atoms with Gasteiger partial charge < -0.3 is 9.73 Å². The van der Waals surface area contributed by atoms with Crippen LogP contribution in [0.15, 0.2) is 27.3 Å². The number of halogens is 1. The van der Waals surface area contributed by atoms with Gasteiger partial charge in [-0.05, 0) is 35.0 Å². The van der Waals surface area contributed by atoms with Gasteiger partial charge in [-0.1, -0.05) is 0 Å². The minimum Gasteiger partial charge on any atom is -0.469 e. The Balaban J connectivity index is 1.82. The third kappa shape index (κ3) is 2.98. The number of aromatic nitrogens is 2. The van der Waals surface area contributed by atoms with Gasteiger partial charge in [0.2, 0.25) is 0 Å². The molecule has 0 unspecified atom stereocenters. The van der Waals surface area contributed by atoms with Gasteiger partial charge in [0, 0.05) is 26.6 Å². The maximum absolute atomic E-state index is 5.27. The van der Waals surface area contributed by atoms with Crippen LogP contribution in [-0.4, -0.2) is 16.3 Å². The molecule has 0 saturated carbocycles. The van der Waals surface area contributed by atoms with Crippen molar-refractivity contribution in [3.63, 3.8) is 0 Å². The fraction of sp³-hybridized carbons (Fsp3) is 0.417. The Morgan fingerprint density at radius 2 is 2.35 bits per heavy atom. The number of nitrogens with one attached hydrogen (secondary N) is 1. The van der Waals surface area contributed by atoms with E-state index < -0.39 is 0 Å². The van der Waals surface area contributed by atoms with E-state index in [1.54, 1.807) is 6.26 Å². The third-order valence-electron chi connectivity index (χ3n) is 2.68. The highest BCUT2D eigenvalue weighted by Crippen LogP contribution is 2.19. The van der Waals surface area contributed by atoms with E-state index in [1.807, 2.05) is 30.8 Å². The van der Waals surface area contributed by atoms with E-state index in [-0.39, 0.29) is 0 Å². The quantitative estimate of drug-likeness (QED) is 0.862. The number of hydrogen-bond acceptors (Lipinski definition) is 3. The Labute approximate surface area is 109 Å². The van der Waals surface area contributed by atoms with Crippen LogP contribution in [0.3, 0.4) is 0 Å². The van der Waals surface area contributed by atoms with E-state index in [0.717, 1.165) is 35.4 Å². The molecule has 2 aromatic heterocycles. The highest BCUT2D eigenvalue weighted by Gasteiger charge is 2.09. The van der Waals surface area contributed by atoms with Gasteiger partial charge in [0.1, 0.15) is 5.76 Å². The lowest BCUT2D eigenvalue weighted by Crippen LogP contribution is -2.18. The minimum absolute atomic E-state index is 0.804. The summed E-state index contributed by atoms with van der Waals surface area (Å²) in [6.45, 7) is 3.69. The van der Waals surface area contributed by atoms with Crippen molar-refractivity contribution >= 4 is 15.9 Å². The third-order valence-corrected chi connectivity index (χ3v) is 3.71. The van der Waals surface area contributed by atoms with E-state index in [0.29, 0.717) is 0 Å². The predicted octanol–water partition coefficient (Wildman–Crippen LogP) is 2.42. The largest absolute Gasteiger partial charge is 0.469 e. The average Bonchev–Trinajstić information content (AvgIpc) is 2.87. The van der Waals surface area contributed by atoms with Gasteiger partial charge in [0.15, 0.2) is 0 Å². The standard InChI is InChI=1S/C12H16BrN3O/c1-9-12(13)11(16(2)15-9)8-14-6-5-10-4-3-7-17-10/h3-4,7,14H,5-6,8H2,1-2H3. The fourth-order valence-corrected chi connectivity index (χ4v) is 2.22. The van der Waals surface area contributed by atoms with E-state index >= 15 is 0 Å². The molecule has 0 amide bonds. The molecule has 17 heavy (non-hydrogen) atoms. The van der Waals surface area contributed by atoms with Crippen molar-refractivity contribution < 1.29 is 4.42 Å². The Kier molecular flexibility index (Phi) is 4.02. The van der Waals surface area contributed by atoms with Crippen LogP contribution in [0, 0.1) is 6.92 Å². The van der Waals surface area contributed by atoms with Crippen LogP contribution in [0.2, 0.25) is 0 Å². The van der Waals surface area contributed by atoms with Crippen LogP contribution < -0.4 is 5.32 Å². The van der Waals surface area contributed by atoms with Crippen LogP contribution in [-0.2, 0) is 20.0 Å². The fourth-order valence-electron chi connectivity index (χ4n) is 1.75. The maximum Gasteiger partial charge on any atom is 0.105 e. The minimum atomic E-state index is 0.804. The van der Waals surface area contributed by atoms with Crippen LogP contribution >= 0.6 is 15.9 Å². The van der Waals surface area contributed by atoms with Gasteiger partial charge >= 0.3 is 0 Å². The lowest BCUT2D eigenvalue weighted by atomic mass is 10.3. The number of nitrogens with zero attached hydrogens (tertiary/aromatic N) is 2. The molecule has 0 aromatic carbocycles. The summed E-state index contributed by atoms with van der Waals surface area (Å²) in [6, 6.07) is 3.90. The Morgan fingerprint density at radius 3 is 2.94 bits per heavy atom. The molecular formula is C12H16BrN3O. The molecule has 0 spiro atoms. The van der Waals surface area contributed by atoms with Crippen LogP contribution in [0.25, 0.3) is 0 Å². The van der Waals surface area contributed by atoms with Gasteiger partial charge in [-0.3, -0.25) is 4.68 Å². The van der Waals surface area contributed by atoms with Crippen molar-refractivity contribution in [1.82, 2.24) is 15.1 Å². The molecule has 2 aromatic rings. The molecule has 0 aliphatic heterocycles. The molecule has 92 valence electrons. The molecule has 2 heterocycles. The van der Waals surface area contributed by atoms with E-state index in [9.17, 15) is 0 Å². The summed E-state index contributed by atoms with van der Waals surface area (Å²) in [5, 5.41) is 7.73. The van der Waals surface area contributed by atoms with Gasteiger partial charge in [0.25, 0.3) is 0 Å². The lowest BCUT2D eigenvalue weighted by molar-refractivity contribution is 0.496. The Morgan fingerprint density at radius 1 is 1.53 bits per heavy atom. The molecule has 0 atom stereocenters. The molecular weight excluding hydrogens is 282 g/mol. The van der Waals surface area contributed by atoms with Crippen LogP contribution in [0.5, 0.6) is 0 Å². The van der Waals surface area contributed by atoms with Crippen molar-refractivity contribution in [2.24, 2.45) is 7.05 Å². The molecule has 4 nitrogen and oxygen atoms in total. The zero-order valence-electron chi connectivity index (χ0n) is 10.0. The molecule has 0 fully saturated rings. The summed E-state index contributed by atoms with van der Waals surface area (Å²) in [5.74, 6) is 1.01. The first-order valence-corrected chi connectivity index (χ1v) is 6.39. The van der Waals surface area contributed by atoms with Gasteiger partial charge in [-0.2, -0.15) is 5.10 Å². The van der Waals surface area contributed by atoms with Crippen molar-refractivity contribution in [3.05, 3.63) is 40.0 Å². The lowest BCUT2D eigenvalue weighted by Gasteiger charge is -2.04. The first kappa shape index (κ1) is 12.4. The van der Waals surface area contributed by atoms with Crippen molar-refractivity contribution in [2.75, 3.05) is 6.54 Å². The zero-order valence-corrected chi connectivity index (χ0v) is 11.6. The molecule has 5 heteroatoms. The van der Waals surface area contributed by atoms with Crippen molar-refractivity contribution in [3.8, 4) is 0 Å². The highest BCUT2D eigenvalue weighted by atomic mass is 79.9. The topological polar surface area (TPSA) is 43.0 Å². The summed E-state index contributed by atoms with van der Waals surface area (Å²) in [7, 11) is 1.96. The number of aryl methyl sites for hydroxylation is 2. The number of hydrogen-bond donors (Lipinski definition) is 1. The van der Waals surface area contributed by atoms with E-state index in [1.165, 1.54) is 5.69 Å². The smallest absolute Gasteiger partial charge is 0.105 e. The van der Waals surface area contributed by atoms with Crippen molar-refractivity contribution in [1.29, 1.82) is 0 Å². The molecule has 0 aliphatic rings. The normalized spacial score (nSPS) is 11.0. The predicted molar refractivity (Wildman–Crippen MR) is 69.8 cm³/mol.